The molecule has 1 saturated heterocycles. The molecule has 15 heavy (non-hydrogen) atoms. The quantitative estimate of drug-likeness (QED) is 0.704. The zero-order valence-electron chi connectivity index (χ0n) is 8.11. The molecule has 0 bridgehead atoms. The number of carbonyl (C=O) groups is 1. The highest BCUT2D eigenvalue weighted by molar-refractivity contribution is 9.10. The third-order valence-electron chi connectivity index (χ3n) is 3.95. The van der Waals surface area contributed by atoms with Crippen LogP contribution in [0.3, 0.4) is 0 Å². The molecule has 2 aliphatic heterocycles. The second-order valence-electron chi connectivity index (χ2n) is 4.76. The molecule has 4 rings (SSSR count). The van der Waals surface area contributed by atoms with Gasteiger partial charge in [-0.2, -0.15) is 0 Å². The van der Waals surface area contributed by atoms with Crippen LogP contribution in [0.1, 0.15) is 12.0 Å². The van der Waals surface area contributed by atoms with Crippen LogP contribution >= 0.6 is 15.9 Å². The number of hydrogen-bond acceptors (Lipinski definition) is 1. The third-order valence-corrected chi connectivity index (χ3v) is 4.44. The van der Waals surface area contributed by atoms with Gasteiger partial charge in [-0.3, -0.25) is 4.79 Å². The van der Waals surface area contributed by atoms with Gasteiger partial charge in [-0.1, -0.05) is 15.9 Å². The number of piperidine rings is 1. The Labute approximate surface area is 96.4 Å². The maximum Gasteiger partial charge on any atom is 0.230 e. The molecule has 1 aromatic carbocycles. The molecule has 2 fully saturated rings. The molecule has 76 valence electrons. The van der Waals surface area contributed by atoms with Gasteiger partial charge in [0.25, 0.3) is 0 Å². The Morgan fingerprint density at radius 1 is 1.40 bits per heavy atom. The molecular weight excluding hydrogens is 254 g/mol. The number of nitrogens with zero attached hydrogens (tertiary/aromatic N) is 1. The predicted octanol–water partition coefficient (Wildman–Crippen LogP) is 2.36. The standard InChI is InChI=1S/C12H10BrNO/c13-7-1-2-10-6(3-7)4-11-8-5-9(8)12(15)14(10)11/h1-3,8-9,11H,4-5H2. The monoisotopic (exact) mass is 263 g/mol. The molecule has 3 unspecified atom stereocenters. The van der Waals surface area contributed by atoms with Crippen molar-refractivity contribution in [2.45, 2.75) is 18.9 Å². The Morgan fingerprint density at radius 2 is 2.27 bits per heavy atom. The van der Waals surface area contributed by atoms with Crippen molar-refractivity contribution in [2.75, 3.05) is 4.90 Å². The van der Waals surface area contributed by atoms with Crippen LogP contribution < -0.4 is 4.90 Å². The van der Waals surface area contributed by atoms with E-state index in [9.17, 15) is 4.79 Å². The van der Waals surface area contributed by atoms with Crippen molar-refractivity contribution in [3.63, 3.8) is 0 Å². The maximum absolute atomic E-state index is 12.0. The Hall–Kier alpha value is -0.830. The first kappa shape index (κ1) is 8.34. The molecule has 0 radical (unpaired) electrons. The summed E-state index contributed by atoms with van der Waals surface area (Å²) in [5.74, 6) is 1.39. The van der Waals surface area contributed by atoms with E-state index in [0.29, 0.717) is 23.8 Å². The van der Waals surface area contributed by atoms with Gasteiger partial charge in [0, 0.05) is 22.1 Å². The second kappa shape index (κ2) is 2.46. The summed E-state index contributed by atoms with van der Waals surface area (Å²) in [5.41, 5.74) is 2.48. The number of halogens is 1. The topological polar surface area (TPSA) is 20.3 Å². The minimum absolute atomic E-state index is 0.367. The molecule has 3 atom stereocenters. The lowest BCUT2D eigenvalue weighted by molar-refractivity contribution is -0.118. The van der Waals surface area contributed by atoms with Gasteiger partial charge >= 0.3 is 0 Å². The van der Waals surface area contributed by atoms with Crippen LogP contribution in [0.15, 0.2) is 22.7 Å². The zero-order chi connectivity index (χ0) is 10.2. The van der Waals surface area contributed by atoms with E-state index in [1.807, 2.05) is 11.0 Å². The Morgan fingerprint density at radius 3 is 3.13 bits per heavy atom. The molecule has 1 aliphatic carbocycles. The summed E-state index contributed by atoms with van der Waals surface area (Å²) in [6, 6.07) is 6.73. The van der Waals surface area contributed by atoms with Crippen LogP contribution in [0.2, 0.25) is 0 Å². The number of fused-ring (bicyclic) bond motifs is 5. The van der Waals surface area contributed by atoms with Crippen molar-refractivity contribution in [1.82, 2.24) is 0 Å². The van der Waals surface area contributed by atoms with Crippen molar-refractivity contribution < 1.29 is 4.79 Å². The molecule has 2 nitrogen and oxygen atoms in total. The van der Waals surface area contributed by atoms with Gasteiger partial charge in [0.1, 0.15) is 0 Å². The SMILES string of the molecule is O=C1C2CC2C2Cc3cc(Br)ccc3N12. The highest BCUT2D eigenvalue weighted by atomic mass is 79.9. The fourth-order valence-corrected chi connectivity index (χ4v) is 3.58. The van der Waals surface area contributed by atoms with E-state index >= 15 is 0 Å². The van der Waals surface area contributed by atoms with E-state index in [1.54, 1.807) is 0 Å². The lowest BCUT2D eigenvalue weighted by Gasteiger charge is -2.19. The van der Waals surface area contributed by atoms with E-state index in [2.05, 4.69) is 28.1 Å². The molecule has 1 amide bonds. The van der Waals surface area contributed by atoms with Crippen LogP contribution in [0.25, 0.3) is 0 Å². The first-order valence-electron chi connectivity index (χ1n) is 5.37. The third kappa shape index (κ3) is 0.924. The molecule has 0 N–H and O–H groups in total. The maximum atomic E-state index is 12.0. The van der Waals surface area contributed by atoms with Gasteiger partial charge in [-0.15, -0.1) is 0 Å². The normalized spacial score (nSPS) is 35.1. The summed E-state index contributed by atoms with van der Waals surface area (Å²) < 4.78 is 1.11. The summed E-state index contributed by atoms with van der Waals surface area (Å²) in [5, 5.41) is 0. The van der Waals surface area contributed by atoms with E-state index in [4.69, 9.17) is 0 Å². The van der Waals surface area contributed by atoms with E-state index < -0.39 is 0 Å². The minimum Gasteiger partial charge on any atom is -0.308 e. The fraction of sp³-hybridized carbons (Fsp3) is 0.417. The van der Waals surface area contributed by atoms with Crippen molar-refractivity contribution in [1.29, 1.82) is 0 Å². The molecule has 2 heterocycles. The van der Waals surface area contributed by atoms with Crippen molar-refractivity contribution in [3.8, 4) is 0 Å². The number of hydrogen-bond donors (Lipinski definition) is 0. The van der Waals surface area contributed by atoms with Crippen molar-refractivity contribution in [3.05, 3.63) is 28.2 Å². The second-order valence-corrected chi connectivity index (χ2v) is 5.67. The molecule has 3 heteroatoms. The highest BCUT2D eigenvalue weighted by Crippen LogP contribution is 2.56. The lowest BCUT2D eigenvalue weighted by Crippen LogP contribution is -2.33. The molecule has 1 aromatic rings. The van der Waals surface area contributed by atoms with Gasteiger partial charge in [0.2, 0.25) is 5.91 Å². The van der Waals surface area contributed by atoms with Crippen LogP contribution in [-0.4, -0.2) is 11.9 Å². The zero-order valence-corrected chi connectivity index (χ0v) is 9.70. The van der Waals surface area contributed by atoms with E-state index in [1.165, 1.54) is 5.56 Å². The van der Waals surface area contributed by atoms with Gasteiger partial charge in [0.05, 0.1) is 0 Å². The van der Waals surface area contributed by atoms with Crippen molar-refractivity contribution in [2.24, 2.45) is 11.8 Å². The average molecular weight is 264 g/mol. The smallest absolute Gasteiger partial charge is 0.230 e. The number of amides is 1. The van der Waals surface area contributed by atoms with Crippen LogP contribution in [0.5, 0.6) is 0 Å². The first-order valence-corrected chi connectivity index (χ1v) is 6.16. The van der Waals surface area contributed by atoms with Gasteiger partial charge in [0.15, 0.2) is 0 Å². The summed E-state index contributed by atoms with van der Waals surface area (Å²) in [6.45, 7) is 0. The summed E-state index contributed by atoms with van der Waals surface area (Å²) in [6.07, 6.45) is 2.19. The van der Waals surface area contributed by atoms with Crippen molar-refractivity contribution >= 4 is 27.5 Å². The number of rotatable bonds is 0. The van der Waals surface area contributed by atoms with Gasteiger partial charge in [-0.05, 0) is 42.5 Å². The minimum atomic E-state index is 0.367. The summed E-state index contributed by atoms with van der Waals surface area (Å²) in [4.78, 5) is 14.0. The Kier molecular flexibility index (Phi) is 1.37. The van der Waals surface area contributed by atoms with Crippen LogP contribution in [0, 0.1) is 11.8 Å². The molecule has 0 aromatic heterocycles. The number of anilines is 1. The largest absolute Gasteiger partial charge is 0.308 e. The highest BCUT2D eigenvalue weighted by Gasteiger charge is 2.60. The average Bonchev–Trinajstić information content (AvgIpc) is 2.85. The number of benzene rings is 1. The van der Waals surface area contributed by atoms with Crippen LogP contribution in [-0.2, 0) is 11.2 Å². The molecule has 0 spiro atoms. The van der Waals surface area contributed by atoms with E-state index in [0.717, 1.165) is 23.0 Å². The van der Waals surface area contributed by atoms with Gasteiger partial charge < -0.3 is 4.90 Å². The molecular formula is C12H10BrNO. The van der Waals surface area contributed by atoms with E-state index in [-0.39, 0.29) is 0 Å². The summed E-state index contributed by atoms with van der Waals surface area (Å²) >= 11 is 3.48. The first-order chi connectivity index (χ1) is 7.25. The fourth-order valence-electron chi connectivity index (χ4n) is 3.18. The Balaban J connectivity index is 1.87. The summed E-state index contributed by atoms with van der Waals surface area (Å²) in [7, 11) is 0. The molecule has 3 aliphatic rings. The Bertz CT molecular complexity index is 485. The predicted molar refractivity (Wildman–Crippen MR) is 60.7 cm³/mol. The van der Waals surface area contributed by atoms with Crippen LogP contribution in [0.4, 0.5) is 5.69 Å². The van der Waals surface area contributed by atoms with Gasteiger partial charge in [-0.25, -0.2) is 0 Å². The number of carbonyl (C=O) groups excluding carboxylic acids is 1. The lowest BCUT2D eigenvalue weighted by atomic mass is 10.1. The molecule has 1 saturated carbocycles.